The second kappa shape index (κ2) is 9.62. The molecule has 4 heterocycles. The standard InChI is InChI=1S/C30H30ClN3O5/c1-18-9-6-12-20(31)25(18)33-16-8-14-30-24(23-22(39-30)13-7-15-32(2)27(23)36)28(37)34(26(30)29(33)38)21(17-35)19-10-4-3-5-11-19/h3-14,21-24,26,35H,15-17H2,1-2H3/t21-,22-,23+,24+,26?,30+/m1/s1. The van der Waals surface area contributed by atoms with Crippen LogP contribution >= 0.6 is 11.6 Å². The van der Waals surface area contributed by atoms with Gasteiger partial charge in [0.2, 0.25) is 11.8 Å². The summed E-state index contributed by atoms with van der Waals surface area (Å²) in [6, 6.07) is 12.6. The summed E-state index contributed by atoms with van der Waals surface area (Å²) < 4.78 is 6.66. The van der Waals surface area contributed by atoms with Crippen molar-refractivity contribution in [2.75, 3.05) is 31.6 Å². The van der Waals surface area contributed by atoms with E-state index < -0.39 is 42.2 Å². The van der Waals surface area contributed by atoms with Gasteiger partial charge in [-0.15, -0.1) is 0 Å². The molecule has 3 amide bonds. The minimum atomic E-state index is -1.40. The molecule has 4 aliphatic heterocycles. The van der Waals surface area contributed by atoms with Gasteiger partial charge in [0, 0.05) is 20.1 Å². The quantitative estimate of drug-likeness (QED) is 0.595. The Morgan fingerprint density at radius 2 is 1.79 bits per heavy atom. The van der Waals surface area contributed by atoms with Gasteiger partial charge in [-0.05, 0) is 24.1 Å². The first kappa shape index (κ1) is 25.8. The second-order valence-corrected chi connectivity index (χ2v) is 11.0. The van der Waals surface area contributed by atoms with E-state index in [0.717, 1.165) is 5.56 Å². The average molecular weight is 548 g/mol. The van der Waals surface area contributed by atoms with E-state index in [1.807, 2.05) is 67.6 Å². The zero-order valence-electron chi connectivity index (χ0n) is 21.7. The Balaban J connectivity index is 1.54. The number of aliphatic hydroxyl groups is 1. The molecule has 0 bridgehead atoms. The first-order chi connectivity index (χ1) is 18.8. The van der Waals surface area contributed by atoms with E-state index >= 15 is 0 Å². The zero-order chi connectivity index (χ0) is 27.5. The van der Waals surface area contributed by atoms with E-state index in [9.17, 15) is 19.5 Å². The number of hydrogen-bond acceptors (Lipinski definition) is 5. The van der Waals surface area contributed by atoms with Crippen LogP contribution in [0.15, 0.2) is 72.8 Å². The van der Waals surface area contributed by atoms with Gasteiger partial charge in [0.1, 0.15) is 11.6 Å². The third kappa shape index (κ3) is 3.77. The largest absolute Gasteiger partial charge is 0.394 e. The molecule has 8 nitrogen and oxygen atoms in total. The van der Waals surface area contributed by atoms with Gasteiger partial charge >= 0.3 is 0 Å². The SMILES string of the molecule is Cc1cccc(Cl)c1N1CC=C[C@]23O[C@@H]4C=CCN(C)C(=O)[C@@H]4[C@H]2C(=O)N([C@H](CO)c2ccccc2)C3C1=O. The van der Waals surface area contributed by atoms with E-state index in [1.54, 1.807) is 29.0 Å². The summed E-state index contributed by atoms with van der Waals surface area (Å²) in [4.78, 5) is 47.3. The van der Waals surface area contributed by atoms with E-state index in [-0.39, 0.29) is 24.3 Å². The van der Waals surface area contributed by atoms with Crippen molar-refractivity contribution in [3.8, 4) is 0 Å². The summed E-state index contributed by atoms with van der Waals surface area (Å²) in [6.07, 6.45) is 6.65. The number of fused-ring (bicyclic) bond motifs is 2. The summed E-state index contributed by atoms with van der Waals surface area (Å²) in [7, 11) is 1.70. The number of carbonyl (C=O) groups excluding carboxylic acids is 3. The van der Waals surface area contributed by atoms with Gasteiger partial charge in [0.15, 0.2) is 0 Å². The smallest absolute Gasteiger partial charge is 0.253 e. The lowest BCUT2D eigenvalue weighted by molar-refractivity contribution is -0.146. The van der Waals surface area contributed by atoms with Gasteiger partial charge in [0.25, 0.3) is 5.91 Å². The van der Waals surface area contributed by atoms with Crippen molar-refractivity contribution in [3.05, 3.63) is 89.0 Å². The molecular weight excluding hydrogens is 518 g/mol. The highest BCUT2D eigenvalue weighted by molar-refractivity contribution is 6.34. The molecule has 2 aromatic carbocycles. The lowest BCUT2D eigenvalue weighted by atomic mass is 9.77. The number of benzene rings is 2. The number of halogens is 1. The predicted molar refractivity (Wildman–Crippen MR) is 146 cm³/mol. The lowest BCUT2D eigenvalue weighted by Crippen LogP contribution is -2.56. The number of hydrogen-bond donors (Lipinski definition) is 1. The minimum absolute atomic E-state index is 0.204. The molecule has 1 N–H and O–H groups in total. The Hall–Kier alpha value is -3.46. The van der Waals surface area contributed by atoms with Crippen LogP contribution in [0, 0.1) is 18.8 Å². The number of amides is 3. The molecule has 2 fully saturated rings. The fraction of sp³-hybridized carbons (Fsp3) is 0.367. The van der Waals surface area contributed by atoms with Gasteiger partial charge in [-0.1, -0.05) is 78.4 Å². The fourth-order valence-corrected chi connectivity index (χ4v) is 7.06. The summed E-state index contributed by atoms with van der Waals surface area (Å²) in [5.41, 5.74) is 0.663. The molecule has 39 heavy (non-hydrogen) atoms. The van der Waals surface area contributed by atoms with E-state index in [1.165, 1.54) is 4.90 Å². The van der Waals surface area contributed by atoms with Gasteiger partial charge < -0.3 is 24.5 Å². The topological polar surface area (TPSA) is 90.4 Å². The van der Waals surface area contributed by atoms with E-state index in [0.29, 0.717) is 22.8 Å². The third-order valence-electron chi connectivity index (χ3n) is 8.45. The predicted octanol–water partition coefficient (Wildman–Crippen LogP) is 2.89. The normalized spacial score (nSPS) is 30.7. The fourth-order valence-electron chi connectivity index (χ4n) is 6.73. The second-order valence-electron chi connectivity index (χ2n) is 10.6. The van der Waals surface area contributed by atoms with E-state index in [4.69, 9.17) is 16.3 Å². The molecule has 0 aromatic heterocycles. The van der Waals surface area contributed by atoms with Crippen molar-refractivity contribution in [3.63, 3.8) is 0 Å². The highest BCUT2D eigenvalue weighted by atomic mass is 35.5. The van der Waals surface area contributed by atoms with Crippen LogP contribution in [0.3, 0.4) is 0 Å². The van der Waals surface area contributed by atoms with Crippen LogP contribution in [0.1, 0.15) is 17.2 Å². The first-order valence-corrected chi connectivity index (χ1v) is 13.5. The van der Waals surface area contributed by atoms with Crippen LogP contribution in [0.2, 0.25) is 5.02 Å². The van der Waals surface area contributed by atoms with Crippen LogP contribution in [-0.4, -0.2) is 77.1 Å². The van der Waals surface area contributed by atoms with Crippen molar-refractivity contribution < 1.29 is 24.2 Å². The van der Waals surface area contributed by atoms with Crippen LogP contribution < -0.4 is 4.90 Å². The molecule has 202 valence electrons. The highest BCUT2D eigenvalue weighted by Gasteiger charge is 2.72. The maximum absolute atomic E-state index is 14.7. The van der Waals surface area contributed by atoms with Gasteiger partial charge in [0.05, 0.1) is 41.3 Å². The van der Waals surface area contributed by atoms with Crippen molar-refractivity contribution in [2.24, 2.45) is 11.8 Å². The van der Waals surface area contributed by atoms with Gasteiger partial charge in [-0.25, -0.2) is 0 Å². The van der Waals surface area contributed by atoms with Crippen molar-refractivity contribution in [1.29, 1.82) is 0 Å². The minimum Gasteiger partial charge on any atom is -0.394 e. The van der Waals surface area contributed by atoms with Crippen LogP contribution in [0.25, 0.3) is 0 Å². The number of rotatable bonds is 4. The average Bonchev–Trinajstić information content (AvgIpc) is 3.25. The zero-order valence-corrected chi connectivity index (χ0v) is 22.5. The molecule has 1 spiro atoms. The summed E-state index contributed by atoms with van der Waals surface area (Å²) in [5, 5.41) is 11.0. The number of nitrogens with zero attached hydrogens (tertiary/aromatic N) is 3. The van der Waals surface area contributed by atoms with Gasteiger partial charge in [-0.3, -0.25) is 14.4 Å². The molecule has 0 saturated carbocycles. The van der Waals surface area contributed by atoms with Crippen LogP contribution in [0.4, 0.5) is 5.69 Å². The Kier molecular flexibility index (Phi) is 6.37. The van der Waals surface area contributed by atoms with Crippen molar-refractivity contribution in [2.45, 2.75) is 30.7 Å². The molecule has 0 radical (unpaired) electrons. The third-order valence-corrected chi connectivity index (χ3v) is 8.75. The summed E-state index contributed by atoms with van der Waals surface area (Å²) in [6.45, 7) is 2.10. The van der Waals surface area contributed by atoms with E-state index in [2.05, 4.69) is 0 Å². The first-order valence-electron chi connectivity index (χ1n) is 13.1. The molecule has 9 heteroatoms. The number of aryl methyl sites for hydroxylation is 1. The maximum Gasteiger partial charge on any atom is 0.253 e. The lowest BCUT2D eigenvalue weighted by Gasteiger charge is -2.39. The molecule has 2 saturated heterocycles. The molecule has 0 aliphatic carbocycles. The Labute approximate surface area is 232 Å². The number of carbonyl (C=O) groups is 3. The van der Waals surface area contributed by atoms with Crippen LogP contribution in [-0.2, 0) is 19.1 Å². The number of aliphatic hydroxyl groups excluding tert-OH is 1. The summed E-state index contributed by atoms with van der Waals surface area (Å²) >= 11 is 6.61. The maximum atomic E-state index is 14.7. The Morgan fingerprint density at radius 3 is 2.51 bits per heavy atom. The highest BCUT2D eigenvalue weighted by Crippen LogP contribution is 2.55. The molecule has 2 aromatic rings. The van der Waals surface area contributed by atoms with Crippen molar-refractivity contribution >= 4 is 35.0 Å². The number of likely N-dealkylation sites (N-methyl/N-ethyl adjacent to an activating group) is 1. The molecule has 6 rings (SSSR count). The van der Waals surface area contributed by atoms with Gasteiger partial charge in [-0.2, -0.15) is 0 Å². The molecule has 4 aliphatic rings. The van der Waals surface area contributed by atoms with Crippen molar-refractivity contribution in [1.82, 2.24) is 9.80 Å². The number of para-hydroxylation sites is 1. The Morgan fingerprint density at radius 1 is 1.03 bits per heavy atom. The Bertz CT molecular complexity index is 1370. The number of likely N-dealkylation sites (tertiary alicyclic amines) is 1. The monoisotopic (exact) mass is 547 g/mol. The molecule has 6 atom stereocenters. The summed E-state index contributed by atoms with van der Waals surface area (Å²) in [5.74, 6) is -2.69. The molecule has 1 unspecified atom stereocenters. The molecular formula is C30H30ClN3O5. The number of anilines is 1. The van der Waals surface area contributed by atoms with Crippen LogP contribution in [0.5, 0.6) is 0 Å². The number of ether oxygens (including phenoxy) is 1.